The van der Waals surface area contributed by atoms with E-state index in [-0.39, 0.29) is 5.54 Å². The largest absolute Gasteiger partial charge is 0.347 e. The zero-order valence-corrected chi connectivity index (χ0v) is 14.8. The Labute approximate surface area is 131 Å². The number of hydrogen-bond donors (Lipinski definition) is 1. The summed E-state index contributed by atoms with van der Waals surface area (Å²) in [5.41, 5.74) is 1.44. The third kappa shape index (κ3) is 4.64. The summed E-state index contributed by atoms with van der Waals surface area (Å²) >= 11 is 3.95. The first-order valence-corrected chi connectivity index (χ1v) is 9.53. The van der Waals surface area contributed by atoms with Crippen molar-refractivity contribution in [2.75, 3.05) is 29.5 Å². The molecule has 1 fully saturated rings. The van der Waals surface area contributed by atoms with Gasteiger partial charge in [-0.3, -0.25) is 0 Å². The summed E-state index contributed by atoms with van der Waals surface area (Å²) in [6.45, 7) is 12.1. The molecule has 0 radical (unpaired) electrons. The van der Waals surface area contributed by atoms with E-state index in [1.807, 2.05) is 11.3 Å². The number of anilines is 1. The van der Waals surface area contributed by atoms with E-state index in [1.54, 1.807) is 0 Å². The molecule has 20 heavy (non-hydrogen) atoms. The first-order valence-electron chi connectivity index (χ1n) is 7.56. The zero-order valence-electron chi connectivity index (χ0n) is 13.2. The molecule has 1 aromatic heterocycles. The second kappa shape index (κ2) is 7.14. The van der Waals surface area contributed by atoms with Crippen LogP contribution < -0.4 is 10.2 Å². The van der Waals surface area contributed by atoms with E-state index in [9.17, 15) is 0 Å². The van der Waals surface area contributed by atoms with Crippen LogP contribution in [-0.4, -0.2) is 35.1 Å². The van der Waals surface area contributed by atoms with Gasteiger partial charge in [-0.25, -0.2) is 4.98 Å². The van der Waals surface area contributed by atoms with Gasteiger partial charge in [0.05, 0.1) is 5.69 Å². The SMILES string of the molecule is CCc1nc(N2CCCSCC2)sc1CNC(C)(C)C. The first kappa shape index (κ1) is 16.1. The van der Waals surface area contributed by atoms with Crippen molar-refractivity contribution in [2.24, 2.45) is 0 Å². The molecular formula is C15H27N3S2. The van der Waals surface area contributed by atoms with E-state index in [4.69, 9.17) is 4.98 Å². The van der Waals surface area contributed by atoms with E-state index in [0.717, 1.165) is 26.1 Å². The number of aromatic nitrogens is 1. The topological polar surface area (TPSA) is 28.2 Å². The normalized spacial score (nSPS) is 17.3. The molecule has 2 rings (SSSR count). The van der Waals surface area contributed by atoms with Gasteiger partial charge in [-0.15, -0.1) is 11.3 Å². The Morgan fingerprint density at radius 1 is 1.25 bits per heavy atom. The number of nitrogens with one attached hydrogen (secondary N) is 1. The van der Waals surface area contributed by atoms with Crippen LogP contribution in [0.1, 0.15) is 44.7 Å². The zero-order chi connectivity index (χ0) is 14.6. The van der Waals surface area contributed by atoms with Gasteiger partial charge in [-0.1, -0.05) is 6.92 Å². The molecule has 1 N–H and O–H groups in total. The highest BCUT2D eigenvalue weighted by molar-refractivity contribution is 7.99. The Morgan fingerprint density at radius 2 is 2.05 bits per heavy atom. The molecule has 0 saturated carbocycles. The Hall–Kier alpha value is -0.260. The Morgan fingerprint density at radius 3 is 2.75 bits per heavy atom. The maximum absolute atomic E-state index is 4.89. The second-order valence-electron chi connectivity index (χ2n) is 6.28. The molecule has 0 atom stereocenters. The van der Waals surface area contributed by atoms with Gasteiger partial charge in [-0.05, 0) is 39.4 Å². The number of rotatable bonds is 4. The van der Waals surface area contributed by atoms with Crippen molar-refractivity contribution in [1.82, 2.24) is 10.3 Å². The molecule has 0 aliphatic carbocycles. The molecule has 1 aliphatic rings. The lowest BCUT2D eigenvalue weighted by atomic mass is 10.1. The van der Waals surface area contributed by atoms with Crippen LogP contribution in [0.3, 0.4) is 0 Å². The number of aryl methyl sites for hydroxylation is 1. The number of thiazole rings is 1. The molecule has 1 aromatic rings. The Balaban J connectivity index is 2.08. The molecular weight excluding hydrogens is 286 g/mol. The quantitative estimate of drug-likeness (QED) is 0.920. The lowest BCUT2D eigenvalue weighted by Gasteiger charge is -2.20. The lowest BCUT2D eigenvalue weighted by Crippen LogP contribution is -2.35. The summed E-state index contributed by atoms with van der Waals surface area (Å²) in [5.74, 6) is 2.53. The molecule has 3 nitrogen and oxygen atoms in total. The van der Waals surface area contributed by atoms with Gasteiger partial charge >= 0.3 is 0 Å². The van der Waals surface area contributed by atoms with E-state index in [1.165, 1.54) is 33.6 Å². The Bertz CT molecular complexity index is 415. The van der Waals surface area contributed by atoms with Crippen LogP contribution in [0.4, 0.5) is 5.13 Å². The van der Waals surface area contributed by atoms with Crippen LogP contribution in [0, 0.1) is 0 Å². The summed E-state index contributed by atoms with van der Waals surface area (Å²) in [5, 5.41) is 4.82. The minimum atomic E-state index is 0.161. The van der Waals surface area contributed by atoms with Crippen molar-refractivity contribution in [3.63, 3.8) is 0 Å². The predicted molar refractivity (Wildman–Crippen MR) is 92.2 cm³/mol. The van der Waals surface area contributed by atoms with E-state index in [0.29, 0.717) is 0 Å². The van der Waals surface area contributed by atoms with Gasteiger partial charge in [0.15, 0.2) is 5.13 Å². The van der Waals surface area contributed by atoms with Gasteiger partial charge in [-0.2, -0.15) is 11.8 Å². The molecule has 2 heterocycles. The average Bonchev–Trinajstić information content (AvgIpc) is 2.60. The third-order valence-electron chi connectivity index (χ3n) is 3.37. The van der Waals surface area contributed by atoms with Crippen molar-refractivity contribution in [2.45, 2.75) is 52.6 Å². The fourth-order valence-electron chi connectivity index (χ4n) is 2.20. The summed E-state index contributed by atoms with van der Waals surface area (Å²) < 4.78 is 0. The molecule has 1 saturated heterocycles. The Kier molecular flexibility index (Phi) is 5.75. The molecule has 0 spiro atoms. The number of hydrogen-bond acceptors (Lipinski definition) is 5. The van der Waals surface area contributed by atoms with Crippen molar-refractivity contribution >= 4 is 28.2 Å². The standard InChI is InChI=1S/C15H27N3S2/c1-5-12-13(11-16-15(2,3)4)20-14(17-12)18-7-6-9-19-10-8-18/h16H,5-11H2,1-4H3. The van der Waals surface area contributed by atoms with Crippen LogP contribution in [0.15, 0.2) is 0 Å². The molecule has 0 amide bonds. The fraction of sp³-hybridized carbons (Fsp3) is 0.800. The summed E-state index contributed by atoms with van der Waals surface area (Å²) in [4.78, 5) is 8.78. The monoisotopic (exact) mass is 313 g/mol. The number of thioether (sulfide) groups is 1. The lowest BCUT2D eigenvalue weighted by molar-refractivity contribution is 0.425. The highest BCUT2D eigenvalue weighted by Crippen LogP contribution is 2.28. The van der Waals surface area contributed by atoms with Gasteiger partial charge in [0.1, 0.15) is 0 Å². The van der Waals surface area contributed by atoms with Crippen LogP contribution in [0.25, 0.3) is 0 Å². The van der Waals surface area contributed by atoms with Gasteiger partial charge in [0, 0.05) is 35.8 Å². The van der Waals surface area contributed by atoms with Crippen molar-refractivity contribution in [1.29, 1.82) is 0 Å². The third-order valence-corrected chi connectivity index (χ3v) is 5.58. The molecule has 5 heteroatoms. The van der Waals surface area contributed by atoms with Crippen LogP contribution in [-0.2, 0) is 13.0 Å². The summed E-state index contributed by atoms with van der Waals surface area (Å²) in [6, 6.07) is 0. The van der Waals surface area contributed by atoms with E-state index < -0.39 is 0 Å². The minimum Gasteiger partial charge on any atom is -0.347 e. The number of nitrogens with zero attached hydrogens (tertiary/aromatic N) is 2. The average molecular weight is 314 g/mol. The second-order valence-corrected chi connectivity index (χ2v) is 8.56. The van der Waals surface area contributed by atoms with Crippen LogP contribution in [0.2, 0.25) is 0 Å². The fourth-order valence-corrected chi connectivity index (χ4v) is 4.23. The van der Waals surface area contributed by atoms with E-state index >= 15 is 0 Å². The van der Waals surface area contributed by atoms with E-state index in [2.05, 4.69) is 49.7 Å². The van der Waals surface area contributed by atoms with Crippen molar-refractivity contribution in [3.05, 3.63) is 10.6 Å². The van der Waals surface area contributed by atoms with Crippen LogP contribution in [0.5, 0.6) is 0 Å². The van der Waals surface area contributed by atoms with Crippen molar-refractivity contribution in [3.8, 4) is 0 Å². The predicted octanol–water partition coefficient (Wildman–Crippen LogP) is 3.54. The molecule has 0 unspecified atom stereocenters. The maximum atomic E-state index is 4.89. The molecule has 0 aromatic carbocycles. The van der Waals surface area contributed by atoms with Gasteiger partial charge < -0.3 is 10.2 Å². The smallest absolute Gasteiger partial charge is 0.185 e. The van der Waals surface area contributed by atoms with Crippen LogP contribution >= 0.6 is 23.1 Å². The molecule has 1 aliphatic heterocycles. The minimum absolute atomic E-state index is 0.161. The summed E-state index contributed by atoms with van der Waals surface area (Å²) in [6.07, 6.45) is 2.31. The highest BCUT2D eigenvalue weighted by Gasteiger charge is 2.18. The maximum Gasteiger partial charge on any atom is 0.185 e. The first-order chi connectivity index (χ1) is 9.49. The summed E-state index contributed by atoms with van der Waals surface area (Å²) in [7, 11) is 0. The highest BCUT2D eigenvalue weighted by atomic mass is 32.2. The molecule has 0 bridgehead atoms. The van der Waals surface area contributed by atoms with Gasteiger partial charge in [0.25, 0.3) is 0 Å². The van der Waals surface area contributed by atoms with Gasteiger partial charge in [0.2, 0.25) is 0 Å². The van der Waals surface area contributed by atoms with Crippen molar-refractivity contribution < 1.29 is 0 Å². The molecule has 114 valence electrons.